The Morgan fingerprint density at radius 1 is 1.12 bits per heavy atom. The average molecular weight is 366 g/mol. The van der Waals surface area contributed by atoms with Gasteiger partial charge in [0.05, 0.1) is 16.8 Å². The molecule has 1 aromatic rings. The van der Waals surface area contributed by atoms with Crippen LogP contribution >= 0.6 is 0 Å². The van der Waals surface area contributed by atoms with Gasteiger partial charge < -0.3 is 0 Å². The SMILES string of the molecule is O=C1C2C3CCC(C3)C2C(=O)N1OS(=O)(=O)c1cccc([N+](=O)[O-])c1. The van der Waals surface area contributed by atoms with Gasteiger partial charge in [0, 0.05) is 12.1 Å². The van der Waals surface area contributed by atoms with E-state index in [2.05, 4.69) is 0 Å². The molecular weight excluding hydrogens is 352 g/mol. The van der Waals surface area contributed by atoms with Crippen molar-refractivity contribution in [2.24, 2.45) is 23.7 Å². The Labute approximate surface area is 142 Å². The maximum atomic E-state index is 12.5. The van der Waals surface area contributed by atoms with E-state index in [1.807, 2.05) is 0 Å². The molecule has 2 saturated carbocycles. The van der Waals surface area contributed by atoms with Gasteiger partial charge in [0.15, 0.2) is 0 Å². The molecule has 132 valence electrons. The summed E-state index contributed by atoms with van der Waals surface area (Å²) in [7, 11) is -4.53. The number of fused-ring (bicyclic) bond motifs is 5. The molecule has 0 N–H and O–H groups in total. The van der Waals surface area contributed by atoms with E-state index in [0.717, 1.165) is 37.5 Å². The molecule has 4 rings (SSSR count). The second-order valence-electron chi connectivity index (χ2n) is 6.64. The molecule has 10 heteroatoms. The molecule has 9 nitrogen and oxygen atoms in total. The highest BCUT2D eigenvalue weighted by Gasteiger charge is 2.62. The van der Waals surface area contributed by atoms with Crippen molar-refractivity contribution in [1.82, 2.24) is 5.06 Å². The summed E-state index contributed by atoms with van der Waals surface area (Å²) < 4.78 is 29.5. The fourth-order valence-corrected chi connectivity index (χ4v) is 5.29. The lowest BCUT2D eigenvalue weighted by Gasteiger charge is -2.18. The van der Waals surface area contributed by atoms with E-state index in [9.17, 15) is 28.1 Å². The van der Waals surface area contributed by atoms with Gasteiger partial charge in [-0.1, -0.05) is 6.07 Å². The number of imide groups is 1. The molecule has 0 radical (unpaired) electrons. The molecule has 4 atom stereocenters. The molecule has 2 bridgehead atoms. The largest absolute Gasteiger partial charge is 0.318 e. The van der Waals surface area contributed by atoms with E-state index >= 15 is 0 Å². The Kier molecular flexibility index (Phi) is 3.45. The number of non-ortho nitro benzene ring substituents is 1. The van der Waals surface area contributed by atoms with Crippen LogP contribution in [0.4, 0.5) is 5.69 Å². The van der Waals surface area contributed by atoms with Crippen LogP contribution in [0.5, 0.6) is 0 Å². The van der Waals surface area contributed by atoms with Crippen molar-refractivity contribution in [3.63, 3.8) is 0 Å². The number of nitrogens with zero attached hydrogens (tertiary/aromatic N) is 2. The van der Waals surface area contributed by atoms with Crippen molar-refractivity contribution >= 4 is 27.6 Å². The molecular formula is C15H14N2O7S. The number of nitro groups is 1. The summed E-state index contributed by atoms with van der Waals surface area (Å²) in [6, 6.07) is 4.26. The summed E-state index contributed by atoms with van der Waals surface area (Å²) in [4.78, 5) is 34.5. The van der Waals surface area contributed by atoms with E-state index in [1.165, 1.54) is 6.07 Å². The lowest BCUT2D eigenvalue weighted by Crippen LogP contribution is -2.35. The number of hydrogen-bond acceptors (Lipinski definition) is 7. The Hall–Kier alpha value is -2.33. The molecule has 4 unspecified atom stereocenters. The van der Waals surface area contributed by atoms with Crippen LogP contribution in [0.3, 0.4) is 0 Å². The summed E-state index contributed by atoms with van der Waals surface area (Å²) in [6.07, 6.45) is 2.53. The maximum Gasteiger partial charge on any atom is 0.318 e. The van der Waals surface area contributed by atoms with Gasteiger partial charge in [0.2, 0.25) is 0 Å². The van der Waals surface area contributed by atoms with Crippen molar-refractivity contribution in [3.05, 3.63) is 34.4 Å². The number of nitro benzene ring substituents is 1. The lowest BCUT2D eigenvalue weighted by molar-refractivity contribution is -0.385. The Balaban J connectivity index is 1.61. The molecule has 2 aliphatic carbocycles. The van der Waals surface area contributed by atoms with Crippen LogP contribution in [0.25, 0.3) is 0 Å². The van der Waals surface area contributed by atoms with E-state index in [0.29, 0.717) is 5.06 Å². The monoisotopic (exact) mass is 366 g/mol. The van der Waals surface area contributed by atoms with Gasteiger partial charge in [-0.2, -0.15) is 8.42 Å². The minimum Gasteiger partial charge on any atom is -0.272 e. The highest BCUT2D eigenvalue weighted by molar-refractivity contribution is 7.86. The van der Waals surface area contributed by atoms with Gasteiger partial charge in [-0.05, 0) is 37.2 Å². The first kappa shape index (κ1) is 16.2. The first-order chi connectivity index (χ1) is 11.8. The standard InChI is InChI=1S/C15H14N2O7S/c18-14-12-8-4-5-9(6-8)13(12)15(19)16(14)24-25(22,23)11-3-1-2-10(7-11)17(20)21/h1-3,7-9,12-13H,4-6H2. The van der Waals surface area contributed by atoms with Gasteiger partial charge >= 0.3 is 10.1 Å². The van der Waals surface area contributed by atoms with Gasteiger partial charge in [-0.15, -0.1) is 9.35 Å². The number of carbonyl (C=O) groups is 2. The summed E-state index contributed by atoms with van der Waals surface area (Å²) >= 11 is 0. The summed E-state index contributed by atoms with van der Waals surface area (Å²) in [5.74, 6) is -2.08. The van der Waals surface area contributed by atoms with Gasteiger partial charge in [0.25, 0.3) is 17.5 Å². The molecule has 0 aromatic heterocycles. The van der Waals surface area contributed by atoms with Crippen LogP contribution in [-0.2, 0) is 24.0 Å². The van der Waals surface area contributed by atoms with Gasteiger partial charge in [-0.25, -0.2) is 0 Å². The van der Waals surface area contributed by atoms with Crippen LogP contribution in [-0.4, -0.2) is 30.2 Å². The molecule has 0 spiro atoms. The van der Waals surface area contributed by atoms with Crippen LogP contribution < -0.4 is 0 Å². The predicted molar refractivity (Wildman–Crippen MR) is 81.0 cm³/mol. The number of benzene rings is 1. The van der Waals surface area contributed by atoms with Crippen molar-refractivity contribution < 1.29 is 27.2 Å². The van der Waals surface area contributed by atoms with Crippen LogP contribution in [0.1, 0.15) is 19.3 Å². The van der Waals surface area contributed by atoms with E-state index in [1.54, 1.807) is 0 Å². The van der Waals surface area contributed by atoms with Gasteiger partial charge in [0.1, 0.15) is 4.90 Å². The fraction of sp³-hybridized carbons (Fsp3) is 0.467. The summed E-state index contributed by atoms with van der Waals surface area (Å²) in [5, 5.41) is 11.1. The zero-order valence-corrected chi connectivity index (χ0v) is 13.7. The number of hydrogen-bond donors (Lipinski definition) is 0. The normalized spacial score (nSPS) is 30.8. The molecule has 1 heterocycles. The predicted octanol–water partition coefficient (Wildman–Crippen LogP) is 1.25. The Morgan fingerprint density at radius 3 is 2.28 bits per heavy atom. The first-order valence-electron chi connectivity index (χ1n) is 7.86. The molecule has 3 fully saturated rings. The molecule has 3 aliphatic rings. The van der Waals surface area contributed by atoms with E-state index in [4.69, 9.17) is 4.28 Å². The topological polar surface area (TPSA) is 124 Å². The number of hydroxylamine groups is 2. The second kappa shape index (κ2) is 5.33. The number of carbonyl (C=O) groups excluding carboxylic acids is 2. The molecule has 25 heavy (non-hydrogen) atoms. The quantitative estimate of drug-likeness (QED) is 0.446. The van der Waals surface area contributed by atoms with Gasteiger partial charge in [-0.3, -0.25) is 19.7 Å². The minimum atomic E-state index is -4.53. The maximum absolute atomic E-state index is 12.5. The smallest absolute Gasteiger partial charge is 0.272 e. The highest BCUT2D eigenvalue weighted by atomic mass is 32.2. The Bertz CT molecular complexity index is 869. The lowest BCUT2D eigenvalue weighted by atomic mass is 9.81. The summed E-state index contributed by atoms with van der Waals surface area (Å²) in [6.45, 7) is 0. The van der Waals surface area contributed by atoms with Crippen molar-refractivity contribution in [2.75, 3.05) is 0 Å². The van der Waals surface area contributed by atoms with Crippen molar-refractivity contribution in [3.8, 4) is 0 Å². The Morgan fingerprint density at radius 2 is 1.72 bits per heavy atom. The third kappa shape index (κ3) is 2.35. The third-order valence-corrected chi connectivity index (χ3v) is 6.55. The molecule has 1 saturated heterocycles. The van der Waals surface area contributed by atoms with Crippen LogP contribution in [0.15, 0.2) is 29.2 Å². The molecule has 1 aliphatic heterocycles. The first-order valence-corrected chi connectivity index (χ1v) is 9.27. The van der Waals surface area contributed by atoms with Crippen molar-refractivity contribution in [1.29, 1.82) is 0 Å². The highest BCUT2D eigenvalue weighted by Crippen LogP contribution is 2.56. The third-order valence-electron chi connectivity index (χ3n) is 5.38. The average Bonchev–Trinajstić information content (AvgIpc) is 3.25. The van der Waals surface area contributed by atoms with E-state index < -0.39 is 49.3 Å². The van der Waals surface area contributed by atoms with Crippen molar-refractivity contribution in [2.45, 2.75) is 24.2 Å². The molecule has 1 aromatic carbocycles. The van der Waals surface area contributed by atoms with Crippen LogP contribution in [0.2, 0.25) is 0 Å². The zero-order chi connectivity index (χ0) is 17.9. The number of amides is 2. The van der Waals surface area contributed by atoms with Crippen LogP contribution in [0, 0.1) is 33.8 Å². The van der Waals surface area contributed by atoms with E-state index in [-0.39, 0.29) is 11.8 Å². The molecule has 2 amide bonds. The second-order valence-corrected chi connectivity index (χ2v) is 8.17. The zero-order valence-electron chi connectivity index (χ0n) is 12.9. The minimum absolute atomic E-state index is 0.0977. The summed E-state index contributed by atoms with van der Waals surface area (Å²) in [5.41, 5.74) is -0.432. The number of rotatable bonds is 4. The fourth-order valence-electron chi connectivity index (χ4n) is 4.35.